The predicted octanol–water partition coefficient (Wildman–Crippen LogP) is 3.60. The molecule has 1 aromatic carbocycles. The standard InChI is InChI=1S/C14H15ClN2O/c1-9-3-4-13(10(2)5-9)18-14-6-11(7-16)12(15)8-17-14/h3-6,8H,7,16H2,1-2H3. The first-order chi connectivity index (χ1) is 8.60. The number of benzene rings is 1. The molecule has 2 aromatic rings. The van der Waals surface area contributed by atoms with Crippen LogP contribution in [0.2, 0.25) is 5.02 Å². The van der Waals surface area contributed by atoms with Gasteiger partial charge in [0, 0.05) is 18.8 Å². The zero-order valence-electron chi connectivity index (χ0n) is 10.4. The fourth-order valence-corrected chi connectivity index (χ4v) is 1.88. The van der Waals surface area contributed by atoms with E-state index in [1.807, 2.05) is 26.0 Å². The highest BCUT2D eigenvalue weighted by atomic mass is 35.5. The highest BCUT2D eigenvalue weighted by molar-refractivity contribution is 6.31. The summed E-state index contributed by atoms with van der Waals surface area (Å²) in [7, 11) is 0. The summed E-state index contributed by atoms with van der Waals surface area (Å²) < 4.78 is 5.74. The Bertz CT molecular complexity index is 570. The number of aromatic nitrogens is 1. The SMILES string of the molecule is Cc1ccc(Oc2cc(CN)c(Cl)cn2)c(C)c1. The van der Waals surface area contributed by atoms with Crippen molar-refractivity contribution in [2.24, 2.45) is 5.73 Å². The molecule has 3 nitrogen and oxygen atoms in total. The maximum Gasteiger partial charge on any atom is 0.219 e. The number of pyridine rings is 1. The fourth-order valence-electron chi connectivity index (χ4n) is 1.70. The Morgan fingerprint density at radius 1 is 1.28 bits per heavy atom. The molecule has 94 valence electrons. The van der Waals surface area contributed by atoms with Crippen LogP contribution in [0, 0.1) is 13.8 Å². The second-order valence-electron chi connectivity index (χ2n) is 4.19. The first-order valence-corrected chi connectivity index (χ1v) is 6.07. The van der Waals surface area contributed by atoms with E-state index in [9.17, 15) is 0 Å². The van der Waals surface area contributed by atoms with Crippen LogP contribution in [0.3, 0.4) is 0 Å². The van der Waals surface area contributed by atoms with Crippen molar-refractivity contribution in [3.8, 4) is 11.6 Å². The molecule has 0 saturated carbocycles. The zero-order chi connectivity index (χ0) is 13.1. The maximum absolute atomic E-state index is 5.95. The zero-order valence-corrected chi connectivity index (χ0v) is 11.2. The van der Waals surface area contributed by atoms with Crippen LogP contribution in [-0.4, -0.2) is 4.98 Å². The summed E-state index contributed by atoms with van der Waals surface area (Å²) in [6, 6.07) is 7.77. The molecule has 0 aliphatic rings. The second-order valence-corrected chi connectivity index (χ2v) is 4.60. The number of halogens is 1. The highest BCUT2D eigenvalue weighted by Crippen LogP contribution is 2.26. The second kappa shape index (κ2) is 5.38. The minimum atomic E-state index is 0.366. The first kappa shape index (κ1) is 12.9. The van der Waals surface area contributed by atoms with Gasteiger partial charge in [0.25, 0.3) is 0 Å². The minimum absolute atomic E-state index is 0.366. The van der Waals surface area contributed by atoms with Crippen LogP contribution >= 0.6 is 11.6 Å². The van der Waals surface area contributed by atoms with E-state index in [2.05, 4.69) is 11.1 Å². The van der Waals surface area contributed by atoms with Gasteiger partial charge in [-0.15, -0.1) is 0 Å². The molecule has 0 atom stereocenters. The van der Waals surface area contributed by atoms with Crippen molar-refractivity contribution in [1.82, 2.24) is 4.98 Å². The number of ether oxygens (including phenoxy) is 1. The van der Waals surface area contributed by atoms with Crippen molar-refractivity contribution in [3.63, 3.8) is 0 Å². The van der Waals surface area contributed by atoms with Crippen molar-refractivity contribution in [3.05, 3.63) is 52.2 Å². The van der Waals surface area contributed by atoms with Crippen LogP contribution in [0.25, 0.3) is 0 Å². The Morgan fingerprint density at radius 2 is 2.06 bits per heavy atom. The third-order valence-electron chi connectivity index (χ3n) is 2.67. The molecule has 1 aromatic heterocycles. The number of nitrogens with two attached hydrogens (primary N) is 1. The lowest BCUT2D eigenvalue weighted by atomic mass is 10.1. The Balaban J connectivity index is 2.28. The lowest BCUT2D eigenvalue weighted by Gasteiger charge is -2.10. The molecule has 1 heterocycles. The normalized spacial score (nSPS) is 10.4. The van der Waals surface area contributed by atoms with E-state index < -0.39 is 0 Å². The summed E-state index contributed by atoms with van der Waals surface area (Å²) in [5.41, 5.74) is 8.69. The third-order valence-corrected chi connectivity index (χ3v) is 3.01. The minimum Gasteiger partial charge on any atom is -0.439 e. The van der Waals surface area contributed by atoms with Gasteiger partial charge in [-0.3, -0.25) is 0 Å². The number of hydrogen-bond acceptors (Lipinski definition) is 3. The van der Waals surface area contributed by atoms with Gasteiger partial charge >= 0.3 is 0 Å². The molecule has 0 aliphatic carbocycles. The molecule has 0 aliphatic heterocycles. The van der Waals surface area contributed by atoms with Gasteiger partial charge < -0.3 is 10.5 Å². The van der Waals surface area contributed by atoms with Crippen LogP contribution in [-0.2, 0) is 6.54 Å². The number of hydrogen-bond donors (Lipinski definition) is 1. The van der Waals surface area contributed by atoms with Gasteiger partial charge in [-0.2, -0.15) is 0 Å². The molecular formula is C14H15ClN2O. The molecule has 0 radical (unpaired) electrons. The molecule has 0 amide bonds. The van der Waals surface area contributed by atoms with Crippen LogP contribution in [0.5, 0.6) is 11.6 Å². The van der Waals surface area contributed by atoms with E-state index in [4.69, 9.17) is 22.1 Å². The largest absolute Gasteiger partial charge is 0.439 e. The average molecular weight is 263 g/mol. The van der Waals surface area contributed by atoms with Gasteiger partial charge in [0.05, 0.1) is 5.02 Å². The van der Waals surface area contributed by atoms with Gasteiger partial charge in [0.15, 0.2) is 0 Å². The summed E-state index contributed by atoms with van der Waals surface area (Å²) in [6.45, 7) is 4.41. The molecule has 18 heavy (non-hydrogen) atoms. The van der Waals surface area contributed by atoms with E-state index in [0.29, 0.717) is 17.4 Å². The van der Waals surface area contributed by atoms with Gasteiger partial charge in [0.2, 0.25) is 5.88 Å². The van der Waals surface area contributed by atoms with E-state index >= 15 is 0 Å². The molecule has 0 fully saturated rings. The molecule has 0 bridgehead atoms. The summed E-state index contributed by atoms with van der Waals surface area (Å²) >= 11 is 5.95. The number of nitrogens with zero attached hydrogens (tertiary/aromatic N) is 1. The Kier molecular flexibility index (Phi) is 3.84. The smallest absolute Gasteiger partial charge is 0.219 e. The van der Waals surface area contributed by atoms with E-state index in [1.165, 1.54) is 5.56 Å². The quantitative estimate of drug-likeness (QED) is 0.919. The summed E-state index contributed by atoms with van der Waals surface area (Å²) in [6.07, 6.45) is 1.56. The molecule has 0 spiro atoms. The number of rotatable bonds is 3. The molecule has 4 heteroatoms. The number of aryl methyl sites for hydroxylation is 2. The summed E-state index contributed by atoms with van der Waals surface area (Å²) in [4.78, 5) is 4.14. The summed E-state index contributed by atoms with van der Waals surface area (Å²) in [5.74, 6) is 1.30. The Morgan fingerprint density at radius 3 is 2.72 bits per heavy atom. The van der Waals surface area contributed by atoms with Gasteiger partial charge in [-0.05, 0) is 31.0 Å². The van der Waals surface area contributed by atoms with Gasteiger partial charge in [-0.25, -0.2) is 4.98 Å². The van der Waals surface area contributed by atoms with Crippen LogP contribution in [0.4, 0.5) is 0 Å². The van der Waals surface area contributed by atoms with Crippen molar-refractivity contribution in [2.45, 2.75) is 20.4 Å². The lowest BCUT2D eigenvalue weighted by Crippen LogP contribution is -1.99. The van der Waals surface area contributed by atoms with E-state index in [-0.39, 0.29) is 0 Å². The van der Waals surface area contributed by atoms with Crippen molar-refractivity contribution in [1.29, 1.82) is 0 Å². The van der Waals surface area contributed by atoms with Crippen LogP contribution in [0.15, 0.2) is 30.5 Å². The predicted molar refractivity (Wildman–Crippen MR) is 73.1 cm³/mol. The van der Waals surface area contributed by atoms with Crippen molar-refractivity contribution < 1.29 is 4.74 Å². The average Bonchev–Trinajstić information content (AvgIpc) is 2.35. The third kappa shape index (κ3) is 2.81. The lowest BCUT2D eigenvalue weighted by molar-refractivity contribution is 0.458. The molecule has 2 N–H and O–H groups in total. The molecule has 0 unspecified atom stereocenters. The van der Waals surface area contributed by atoms with E-state index in [0.717, 1.165) is 16.9 Å². The first-order valence-electron chi connectivity index (χ1n) is 5.69. The van der Waals surface area contributed by atoms with Gasteiger partial charge in [0.1, 0.15) is 5.75 Å². The van der Waals surface area contributed by atoms with Crippen LogP contribution in [0.1, 0.15) is 16.7 Å². The molecular weight excluding hydrogens is 248 g/mol. The molecule has 0 saturated heterocycles. The van der Waals surface area contributed by atoms with Gasteiger partial charge in [-0.1, -0.05) is 29.3 Å². The topological polar surface area (TPSA) is 48.1 Å². The van der Waals surface area contributed by atoms with E-state index in [1.54, 1.807) is 12.3 Å². The highest BCUT2D eigenvalue weighted by Gasteiger charge is 2.06. The summed E-state index contributed by atoms with van der Waals surface area (Å²) in [5, 5.41) is 0.561. The Labute approximate surface area is 112 Å². The molecule has 2 rings (SSSR count). The van der Waals surface area contributed by atoms with Crippen molar-refractivity contribution in [2.75, 3.05) is 0 Å². The monoisotopic (exact) mass is 262 g/mol. The van der Waals surface area contributed by atoms with Crippen molar-refractivity contribution >= 4 is 11.6 Å². The fraction of sp³-hybridized carbons (Fsp3) is 0.214. The Hall–Kier alpha value is -1.58. The maximum atomic E-state index is 5.95. The van der Waals surface area contributed by atoms with Crippen LogP contribution < -0.4 is 10.5 Å².